The summed E-state index contributed by atoms with van der Waals surface area (Å²) in [5, 5.41) is 3.24. The number of halogens is 1. The maximum atomic E-state index is 12.9. The van der Waals surface area contributed by atoms with Gasteiger partial charge in [0.1, 0.15) is 4.90 Å². The topological polar surface area (TPSA) is 67.9 Å². The van der Waals surface area contributed by atoms with Gasteiger partial charge in [0.2, 0.25) is 10.0 Å². The van der Waals surface area contributed by atoms with Gasteiger partial charge in [0.15, 0.2) is 11.5 Å². The molecule has 0 saturated carbocycles. The van der Waals surface area contributed by atoms with Crippen molar-refractivity contribution in [3.63, 3.8) is 0 Å². The lowest BCUT2D eigenvalue weighted by molar-refractivity contribution is 0.296. The highest BCUT2D eigenvalue weighted by Crippen LogP contribution is 2.37. The Hall–Kier alpha value is -0.830. The van der Waals surface area contributed by atoms with Crippen molar-refractivity contribution in [3.05, 3.63) is 16.6 Å². The predicted molar refractivity (Wildman–Crippen MR) is 88.1 cm³/mol. The highest BCUT2D eigenvalue weighted by Gasteiger charge is 2.31. The van der Waals surface area contributed by atoms with Gasteiger partial charge in [-0.15, -0.1) is 0 Å². The molecule has 1 saturated heterocycles. The molecule has 1 aromatic carbocycles. The van der Waals surface area contributed by atoms with Crippen molar-refractivity contribution in [3.8, 4) is 11.5 Å². The first kappa shape index (κ1) is 17.5. The first-order valence-corrected chi connectivity index (χ1v) is 9.25. The molecule has 0 unspecified atom stereocenters. The second-order valence-corrected chi connectivity index (χ2v) is 7.96. The summed E-state index contributed by atoms with van der Waals surface area (Å²) in [6.45, 7) is 1.66. The number of nitrogens with one attached hydrogen (secondary N) is 1. The van der Waals surface area contributed by atoms with Crippen molar-refractivity contribution < 1.29 is 17.9 Å². The lowest BCUT2D eigenvalue weighted by Gasteiger charge is -2.31. The van der Waals surface area contributed by atoms with Crippen molar-refractivity contribution in [2.75, 3.05) is 34.4 Å². The van der Waals surface area contributed by atoms with Gasteiger partial charge in [-0.1, -0.05) is 0 Å². The van der Waals surface area contributed by atoms with E-state index in [1.807, 2.05) is 0 Å². The van der Waals surface area contributed by atoms with Gasteiger partial charge in [-0.2, -0.15) is 4.31 Å². The van der Waals surface area contributed by atoms with Crippen molar-refractivity contribution in [1.29, 1.82) is 0 Å². The molecular weight excluding hydrogens is 372 g/mol. The van der Waals surface area contributed by atoms with Crippen LogP contribution in [0.5, 0.6) is 11.5 Å². The van der Waals surface area contributed by atoms with E-state index in [0.717, 1.165) is 25.9 Å². The minimum absolute atomic E-state index is 0.00578. The minimum Gasteiger partial charge on any atom is -0.493 e. The molecule has 22 heavy (non-hydrogen) atoms. The van der Waals surface area contributed by atoms with Crippen LogP contribution in [0, 0.1) is 0 Å². The van der Waals surface area contributed by atoms with Crippen molar-refractivity contribution in [1.82, 2.24) is 9.62 Å². The Kier molecular flexibility index (Phi) is 5.70. The number of hydrogen-bond acceptors (Lipinski definition) is 5. The molecule has 8 heteroatoms. The molecule has 1 fully saturated rings. The number of rotatable bonds is 5. The normalized spacial score (nSPS) is 16.8. The largest absolute Gasteiger partial charge is 0.493 e. The molecule has 2 rings (SSSR count). The van der Waals surface area contributed by atoms with Crippen LogP contribution in [0.4, 0.5) is 0 Å². The van der Waals surface area contributed by atoms with Gasteiger partial charge in [0, 0.05) is 23.6 Å². The summed E-state index contributed by atoms with van der Waals surface area (Å²) >= 11 is 3.33. The maximum absolute atomic E-state index is 12.9. The van der Waals surface area contributed by atoms with Crippen LogP contribution in [0.15, 0.2) is 21.5 Å². The third-order valence-electron chi connectivity index (χ3n) is 3.92. The summed E-state index contributed by atoms with van der Waals surface area (Å²) in [6, 6.07) is 3.11. The predicted octanol–water partition coefficient (Wildman–Crippen LogP) is 1.84. The molecule has 124 valence electrons. The van der Waals surface area contributed by atoms with Crippen LogP contribution in [0.25, 0.3) is 0 Å². The van der Waals surface area contributed by atoms with E-state index in [1.165, 1.54) is 24.6 Å². The average molecular weight is 393 g/mol. The van der Waals surface area contributed by atoms with Crippen molar-refractivity contribution in [2.45, 2.75) is 23.8 Å². The fourth-order valence-electron chi connectivity index (χ4n) is 2.55. The quantitative estimate of drug-likeness (QED) is 0.827. The van der Waals surface area contributed by atoms with Gasteiger partial charge in [-0.3, -0.25) is 0 Å². The Morgan fingerprint density at radius 2 is 1.73 bits per heavy atom. The van der Waals surface area contributed by atoms with Crippen LogP contribution >= 0.6 is 15.9 Å². The fraction of sp³-hybridized carbons (Fsp3) is 0.571. The highest BCUT2D eigenvalue weighted by molar-refractivity contribution is 9.10. The number of benzene rings is 1. The van der Waals surface area contributed by atoms with Crippen LogP contribution < -0.4 is 14.8 Å². The van der Waals surface area contributed by atoms with E-state index in [0.29, 0.717) is 16.0 Å². The monoisotopic (exact) mass is 392 g/mol. The van der Waals surface area contributed by atoms with E-state index < -0.39 is 10.0 Å². The fourth-order valence-corrected chi connectivity index (χ4v) is 4.97. The second kappa shape index (κ2) is 7.16. The number of methoxy groups -OCH3 is 2. The summed E-state index contributed by atoms with van der Waals surface area (Å²) in [5.41, 5.74) is 0. The number of ether oxygens (including phenoxy) is 2. The van der Waals surface area contributed by atoms with Gasteiger partial charge < -0.3 is 14.8 Å². The van der Waals surface area contributed by atoms with E-state index in [4.69, 9.17) is 9.47 Å². The number of piperidine rings is 1. The lowest BCUT2D eigenvalue weighted by Crippen LogP contribution is -2.43. The SMILES string of the molecule is COc1cc(Br)c(S(=O)(=O)N(C)C2CCNCC2)cc1OC. The smallest absolute Gasteiger partial charge is 0.244 e. The zero-order valence-corrected chi connectivity index (χ0v) is 15.3. The molecule has 1 heterocycles. The summed E-state index contributed by atoms with van der Waals surface area (Å²) in [6.07, 6.45) is 1.61. The van der Waals surface area contributed by atoms with Crippen LogP contribution in [-0.2, 0) is 10.0 Å². The van der Waals surface area contributed by atoms with Crippen molar-refractivity contribution >= 4 is 26.0 Å². The molecule has 0 atom stereocenters. The molecule has 1 aliphatic rings. The summed E-state index contributed by atoms with van der Waals surface area (Å²) in [5.74, 6) is 0.876. The Bertz CT molecular complexity index is 630. The van der Waals surface area contributed by atoms with Crippen LogP contribution in [-0.4, -0.2) is 53.1 Å². The minimum atomic E-state index is -3.60. The van der Waals surface area contributed by atoms with Gasteiger partial charge >= 0.3 is 0 Å². The van der Waals surface area contributed by atoms with Crippen molar-refractivity contribution in [2.24, 2.45) is 0 Å². The second-order valence-electron chi connectivity index (χ2n) is 5.14. The van der Waals surface area contributed by atoms with Gasteiger partial charge in [0.05, 0.1) is 14.2 Å². The van der Waals surface area contributed by atoms with E-state index in [9.17, 15) is 8.42 Å². The summed E-state index contributed by atoms with van der Waals surface area (Å²) in [4.78, 5) is 0.186. The number of hydrogen-bond donors (Lipinski definition) is 1. The van der Waals surface area contributed by atoms with Crippen LogP contribution in [0.3, 0.4) is 0 Å². The van der Waals surface area contributed by atoms with E-state index in [-0.39, 0.29) is 10.9 Å². The third-order valence-corrected chi connectivity index (χ3v) is 6.79. The zero-order chi connectivity index (χ0) is 16.3. The van der Waals surface area contributed by atoms with E-state index >= 15 is 0 Å². The van der Waals surface area contributed by atoms with Crippen LogP contribution in [0.2, 0.25) is 0 Å². The Balaban J connectivity index is 2.40. The number of sulfonamides is 1. The standard InChI is InChI=1S/C14H21BrN2O4S/c1-17(10-4-6-16-7-5-10)22(18,19)14-9-13(21-3)12(20-2)8-11(14)15/h8-10,16H,4-7H2,1-3H3. The third kappa shape index (κ3) is 3.40. The van der Waals surface area contributed by atoms with E-state index in [2.05, 4.69) is 21.2 Å². The summed E-state index contributed by atoms with van der Waals surface area (Å²) < 4.78 is 38.1. The Morgan fingerprint density at radius 3 is 2.27 bits per heavy atom. The first-order valence-electron chi connectivity index (χ1n) is 7.02. The zero-order valence-electron chi connectivity index (χ0n) is 12.9. The molecule has 1 aromatic rings. The molecule has 1 N–H and O–H groups in total. The lowest BCUT2D eigenvalue weighted by atomic mass is 10.1. The summed E-state index contributed by atoms with van der Waals surface area (Å²) in [7, 11) is 1.03. The number of nitrogens with zero attached hydrogens (tertiary/aromatic N) is 1. The molecule has 0 amide bonds. The average Bonchev–Trinajstić information content (AvgIpc) is 2.54. The molecule has 6 nitrogen and oxygen atoms in total. The molecule has 0 bridgehead atoms. The Labute approximate surface area is 140 Å². The van der Waals surface area contributed by atoms with Gasteiger partial charge in [-0.05, 0) is 47.9 Å². The first-order chi connectivity index (χ1) is 10.4. The molecule has 0 aliphatic carbocycles. The molecule has 0 spiro atoms. The molecule has 0 aromatic heterocycles. The molecular formula is C14H21BrN2O4S. The van der Waals surface area contributed by atoms with Gasteiger partial charge in [0.25, 0.3) is 0 Å². The maximum Gasteiger partial charge on any atom is 0.244 e. The van der Waals surface area contributed by atoms with Crippen LogP contribution in [0.1, 0.15) is 12.8 Å². The highest BCUT2D eigenvalue weighted by atomic mass is 79.9. The van der Waals surface area contributed by atoms with E-state index in [1.54, 1.807) is 13.1 Å². The molecule has 1 aliphatic heterocycles. The van der Waals surface area contributed by atoms with Gasteiger partial charge in [-0.25, -0.2) is 8.42 Å². The molecule has 0 radical (unpaired) electrons. The Morgan fingerprint density at radius 1 is 1.18 bits per heavy atom.